The molecule has 0 heterocycles. The third-order valence-electron chi connectivity index (χ3n) is 4.14. The summed E-state index contributed by atoms with van der Waals surface area (Å²) in [5.41, 5.74) is 4.81. The van der Waals surface area contributed by atoms with Crippen LogP contribution < -0.4 is 5.73 Å². The molecule has 7 heteroatoms. The molecule has 0 saturated carbocycles. The van der Waals surface area contributed by atoms with Crippen molar-refractivity contribution in [2.75, 3.05) is 0 Å². The van der Waals surface area contributed by atoms with Crippen molar-refractivity contribution < 1.29 is 30.3 Å². The van der Waals surface area contributed by atoms with Gasteiger partial charge in [-0.05, 0) is 38.2 Å². The van der Waals surface area contributed by atoms with Crippen LogP contribution in [0, 0.1) is 5.92 Å². The number of rotatable bonds is 8. The van der Waals surface area contributed by atoms with Gasteiger partial charge in [-0.1, -0.05) is 19.8 Å². The van der Waals surface area contributed by atoms with Gasteiger partial charge in [-0.2, -0.15) is 0 Å². The van der Waals surface area contributed by atoms with Gasteiger partial charge in [0.05, 0.1) is 0 Å². The molecular weight excluding hydrogens is 302 g/mol. The molecule has 0 bridgehead atoms. The van der Waals surface area contributed by atoms with Gasteiger partial charge < -0.3 is 31.3 Å². The summed E-state index contributed by atoms with van der Waals surface area (Å²) in [5, 5.41) is 47.1. The van der Waals surface area contributed by atoms with Crippen LogP contribution in [0.5, 0.6) is 23.0 Å². The lowest BCUT2D eigenvalue weighted by Crippen LogP contribution is -2.46. The number of hydrogen-bond donors (Lipinski definition) is 6. The molecule has 0 spiro atoms. The Kier molecular flexibility index (Phi) is 6.09. The van der Waals surface area contributed by atoms with E-state index in [1.807, 2.05) is 6.92 Å². The number of nitrogens with two attached hydrogens (primary N) is 1. The van der Waals surface area contributed by atoms with E-state index in [9.17, 15) is 25.2 Å². The zero-order valence-corrected chi connectivity index (χ0v) is 13.4. The van der Waals surface area contributed by atoms with Crippen molar-refractivity contribution in [3.8, 4) is 23.0 Å². The fourth-order valence-electron chi connectivity index (χ4n) is 2.60. The number of phenols is 4. The first kappa shape index (κ1) is 18.9. The first-order valence-corrected chi connectivity index (χ1v) is 7.58. The molecule has 0 amide bonds. The van der Waals surface area contributed by atoms with Gasteiger partial charge in [-0.3, -0.25) is 4.79 Å². The van der Waals surface area contributed by atoms with E-state index in [2.05, 4.69) is 0 Å². The van der Waals surface area contributed by atoms with Crippen molar-refractivity contribution in [2.45, 2.75) is 51.5 Å². The van der Waals surface area contributed by atoms with E-state index < -0.39 is 34.5 Å². The summed E-state index contributed by atoms with van der Waals surface area (Å²) in [6.45, 7) is 3.44. The number of aliphatic carboxylic acids is 1. The molecule has 130 valence electrons. The molecule has 1 rings (SSSR count). The third-order valence-corrected chi connectivity index (χ3v) is 4.14. The molecule has 23 heavy (non-hydrogen) atoms. The normalized spacial score (nSPS) is 15.1. The second kappa shape index (κ2) is 7.41. The highest BCUT2D eigenvalue weighted by Gasteiger charge is 2.30. The van der Waals surface area contributed by atoms with Crippen LogP contribution in [0.2, 0.25) is 0 Å². The quantitative estimate of drug-likeness (QED) is 0.316. The Balaban J connectivity index is 2.67. The van der Waals surface area contributed by atoms with Crippen LogP contribution in [0.3, 0.4) is 0 Å². The van der Waals surface area contributed by atoms with E-state index in [1.54, 1.807) is 0 Å². The van der Waals surface area contributed by atoms with Crippen molar-refractivity contribution >= 4 is 5.97 Å². The van der Waals surface area contributed by atoms with Crippen LogP contribution in [0.15, 0.2) is 6.07 Å². The van der Waals surface area contributed by atoms with Gasteiger partial charge in [0.25, 0.3) is 0 Å². The van der Waals surface area contributed by atoms with Crippen molar-refractivity contribution in [1.82, 2.24) is 0 Å². The van der Waals surface area contributed by atoms with E-state index in [0.29, 0.717) is 31.2 Å². The smallest absolute Gasteiger partial charge is 0.323 e. The van der Waals surface area contributed by atoms with Gasteiger partial charge in [0.1, 0.15) is 5.54 Å². The lowest BCUT2D eigenvalue weighted by Gasteiger charge is -2.25. The topological polar surface area (TPSA) is 144 Å². The SMILES string of the molecule is CCC(CCCc1cc(O)c(O)c(O)c1O)CC(C)(N)C(=O)O. The minimum Gasteiger partial charge on any atom is -0.504 e. The van der Waals surface area contributed by atoms with Gasteiger partial charge in [0.2, 0.25) is 11.5 Å². The molecule has 0 aliphatic carbocycles. The molecule has 7 nitrogen and oxygen atoms in total. The number of aromatic hydroxyl groups is 4. The zero-order valence-electron chi connectivity index (χ0n) is 13.4. The summed E-state index contributed by atoms with van der Waals surface area (Å²) in [6.07, 6.45) is 2.80. The Morgan fingerprint density at radius 1 is 1.22 bits per heavy atom. The van der Waals surface area contributed by atoms with Gasteiger partial charge in [0.15, 0.2) is 11.5 Å². The van der Waals surface area contributed by atoms with Crippen LogP contribution in [0.4, 0.5) is 0 Å². The number of benzene rings is 1. The predicted molar refractivity (Wildman–Crippen MR) is 84.7 cm³/mol. The number of aryl methyl sites for hydroxylation is 1. The van der Waals surface area contributed by atoms with Crippen LogP contribution in [0.25, 0.3) is 0 Å². The molecular formula is C16H25NO6. The van der Waals surface area contributed by atoms with Crippen LogP contribution in [-0.4, -0.2) is 37.0 Å². The minimum atomic E-state index is -1.28. The minimum absolute atomic E-state index is 0.113. The second-order valence-electron chi connectivity index (χ2n) is 6.19. The first-order chi connectivity index (χ1) is 10.6. The molecule has 0 aliphatic heterocycles. The highest BCUT2D eigenvalue weighted by Crippen LogP contribution is 2.44. The highest BCUT2D eigenvalue weighted by molar-refractivity contribution is 5.77. The van der Waals surface area contributed by atoms with E-state index in [1.165, 1.54) is 13.0 Å². The predicted octanol–water partition coefficient (Wildman–Crippen LogP) is 2.05. The Bertz CT molecular complexity index is 570. The van der Waals surface area contributed by atoms with E-state index >= 15 is 0 Å². The maximum absolute atomic E-state index is 11.1. The lowest BCUT2D eigenvalue weighted by atomic mass is 9.85. The van der Waals surface area contributed by atoms with E-state index in [4.69, 9.17) is 10.8 Å². The fourth-order valence-corrected chi connectivity index (χ4v) is 2.60. The Hall–Kier alpha value is -2.15. The Morgan fingerprint density at radius 2 is 1.83 bits per heavy atom. The zero-order chi connectivity index (χ0) is 17.8. The number of carboxylic acids is 1. The molecule has 7 N–H and O–H groups in total. The average Bonchev–Trinajstić information content (AvgIpc) is 2.48. The molecule has 0 aliphatic rings. The number of carboxylic acid groups (broad SMARTS) is 1. The van der Waals surface area contributed by atoms with Crippen LogP contribution in [0.1, 0.15) is 45.1 Å². The number of carbonyl (C=O) groups is 1. The summed E-state index contributed by atoms with van der Waals surface area (Å²) >= 11 is 0. The Morgan fingerprint density at radius 3 is 2.35 bits per heavy atom. The van der Waals surface area contributed by atoms with Crippen LogP contribution in [-0.2, 0) is 11.2 Å². The monoisotopic (exact) mass is 327 g/mol. The molecule has 2 atom stereocenters. The summed E-state index contributed by atoms with van der Waals surface area (Å²) in [7, 11) is 0. The first-order valence-electron chi connectivity index (χ1n) is 7.58. The molecule has 1 aromatic rings. The number of hydrogen-bond acceptors (Lipinski definition) is 6. The largest absolute Gasteiger partial charge is 0.504 e. The third kappa shape index (κ3) is 4.66. The summed E-state index contributed by atoms with van der Waals surface area (Å²) in [6, 6.07) is 1.20. The van der Waals surface area contributed by atoms with E-state index in [-0.39, 0.29) is 5.92 Å². The maximum atomic E-state index is 11.1. The summed E-state index contributed by atoms with van der Waals surface area (Å²) < 4.78 is 0. The highest BCUT2D eigenvalue weighted by atomic mass is 16.4. The van der Waals surface area contributed by atoms with Gasteiger partial charge in [0, 0.05) is 5.56 Å². The average molecular weight is 327 g/mol. The van der Waals surface area contributed by atoms with Crippen molar-refractivity contribution in [3.05, 3.63) is 11.6 Å². The Labute approximate surface area is 135 Å². The maximum Gasteiger partial charge on any atom is 0.323 e. The van der Waals surface area contributed by atoms with E-state index in [0.717, 1.165) is 6.42 Å². The standard InChI is InChI=1S/C16H25NO6/c1-3-9(8-16(2,17)15(22)23)5-4-6-10-7-11(18)13(20)14(21)12(10)19/h7,9,18-21H,3-6,8,17H2,1-2H3,(H,22,23). The molecule has 0 saturated heterocycles. The molecule has 0 radical (unpaired) electrons. The van der Waals surface area contributed by atoms with Crippen molar-refractivity contribution in [1.29, 1.82) is 0 Å². The molecule has 0 fully saturated rings. The van der Waals surface area contributed by atoms with Gasteiger partial charge >= 0.3 is 5.97 Å². The van der Waals surface area contributed by atoms with Crippen molar-refractivity contribution in [2.24, 2.45) is 11.7 Å². The molecule has 0 aromatic heterocycles. The molecule has 2 unspecified atom stereocenters. The molecule has 1 aromatic carbocycles. The van der Waals surface area contributed by atoms with Crippen LogP contribution >= 0.6 is 0 Å². The lowest BCUT2D eigenvalue weighted by molar-refractivity contribution is -0.143. The van der Waals surface area contributed by atoms with Crippen molar-refractivity contribution in [3.63, 3.8) is 0 Å². The number of phenolic OH excluding ortho intramolecular Hbond substituents is 4. The second-order valence-corrected chi connectivity index (χ2v) is 6.19. The van der Waals surface area contributed by atoms with Gasteiger partial charge in [-0.25, -0.2) is 0 Å². The summed E-state index contributed by atoms with van der Waals surface area (Å²) in [4.78, 5) is 11.1. The van der Waals surface area contributed by atoms with Gasteiger partial charge in [-0.15, -0.1) is 0 Å². The fraction of sp³-hybridized carbons (Fsp3) is 0.562. The summed E-state index contributed by atoms with van der Waals surface area (Å²) in [5.74, 6) is -3.37.